The summed E-state index contributed by atoms with van der Waals surface area (Å²) < 4.78 is 5.74. The first-order valence-corrected chi connectivity index (χ1v) is 5.90. The molecule has 4 heteroatoms. The van der Waals surface area contributed by atoms with Crippen LogP contribution in [0, 0.1) is 12.3 Å². The number of aromatic nitrogens is 1. The van der Waals surface area contributed by atoms with Crippen molar-refractivity contribution in [3.8, 4) is 5.75 Å². The van der Waals surface area contributed by atoms with Gasteiger partial charge in [-0.1, -0.05) is 12.1 Å². The molecule has 1 heterocycles. The van der Waals surface area contributed by atoms with Crippen molar-refractivity contribution in [1.82, 2.24) is 4.98 Å². The molecule has 0 aliphatic rings. The van der Waals surface area contributed by atoms with Gasteiger partial charge in [0.2, 0.25) is 0 Å². The fraction of sp³-hybridized carbons (Fsp3) is 0.286. The maximum Gasteiger partial charge on any atom is 0.145 e. The lowest BCUT2D eigenvalue weighted by Crippen LogP contribution is -2.13. The Morgan fingerprint density at radius 2 is 2.11 bits per heavy atom. The maximum atomic E-state index is 7.64. The van der Waals surface area contributed by atoms with Gasteiger partial charge in [0.1, 0.15) is 17.1 Å². The predicted molar refractivity (Wildman–Crippen MR) is 73.3 cm³/mol. The van der Waals surface area contributed by atoms with Crippen LogP contribution in [0.1, 0.15) is 25.1 Å². The van der Waals surface area contributed by atoms with Crippen LogP contribution in [0.4, 0.5) is 0 Å². The number of para-hydroxylation sites is 1. The van der Waals surface area contributed by atoms with Gasteiger partial charge in [0.15, 0.2) is 0 Å². The molecule has 18 heavy (non-hydrogen) atoms. The van der Waals surface area contributed by atoms with Gasteiger partial charge >= 0.3 is 0 Å². The molecule has 2 aromatic rings. The van der Waals surface area contributed by atoms with E-state index in [2.05, 4.69) is 4.98 Å². The zero-order valence-corrected chi connectivity index (χ0v) is 10.8. The smallest absolute Gasteiger partial charge is 0.145 e. The van der Waals surface area contributed by atoms with Crippen LogP contribution in [0.25, 0.3) is 10.9 Å². The average Bonchev–Trinajstić information content (AvgIpc) is 2.28. The molecule has 0 fully saturated rings. The lowest BCUT2D eigenvalue weighted by Gasteiger charge is -2.13. The Morgan fingerprint density at radius 3 is 2.72 bits per heavy atom. The minimum atomic E-state index is 0.0483. The highest BCUT2D eigenvalue weighted by Crippen LogP contribution is 2.27. The Hall–Kier alpha value is -2.10. The molecule has 0 saturated heterocycles. The van der Waals surface area contributed by atoms with E-state index in [0.717, 1.165) is 22.3 Å². The standard InChI is InChI=1S/C14H17N3O/c1-8(2)18-12-6-4-5-10-11(14(15)16)7-9(3)17-13(10)12/h4-8H,1-3H3,(H3,15,16). The molecule has 0 aliphatic heterocycles. The summed E-state index contributed by atoms with van der Waals surface area (Å²) in [4.78, 5) is 4.49. The molecule has 0 unspecified atom stereocenters. The van der Waals surface area contributed by atoms with E-state index in [1.54, 1.807) is 0 Å². The van der Waals surface area contributed by atoms with Crippen molar-refractivity contribution >= 4 is 16.7 Å². The normalized spacial score (nSPS) is 10.9. The van der Waals surface area contributed by atoms with E-state index in [-0.39, 0.29) is 11.9 Å². The lowest BCUT2D eigenvalue weighted by atomic mass is 10.1. The minimum Gasteiger partial charge on any atom is -0.489 e. The second-order valence-corrected chi connectivity index (χ2v) is 4.54. The third kappa shape index (κ3) is 2.27. The van der Waals surface area contributed by atoms with Gasteiger partial charge in [0.05, 0.1) is 6.10 Å². The zero-order chi connectivity index (χ0) is 13.3. The number of benzene rings is 1. The molecule has 3 N–H and O–H groups in total. The molecule has 0 amide bonds. The monoisotopic (exact) mass is 243 g/mol. The first kappa shape index (κ1) is 12.4. The molecule has 1 aromatic heterocycles. The van der Waals surface area contributed by atoms with Gasteiger partial charge in [-0.15, -0.1) is 0 Å². The van der Waals surface area contributed by atoms with E-state index in [1.165, 1.54) is 0 Å². The van der Waals surface area contributed by atoms with E-state index >= 15 is 0 Å². The van der Waals surface area contributed by atoms with Gasteiger partial charge in [-0.25, -0.2) is 4.98 Å². The van der Waals surface area contributed by atoms with Crippen LogP contribution in [-0.2, 0) is 0 Å². The average molecular weight is 243 g/mol. The highest BCUT2D eigenvalue weighted by Gasteiger charge is 2.11. The molecule has 0 radical (unpaired) electrons. The van der Waals surface area contributed by atoms with E-state index in [0.29, 0.717) is 5.56 Å². The number of amidine groups is 1. The molecule has 0 spiro atoms. The molecule has 0 atom stereocenters. The van der Waals surface area contributed by atoms with Crippen molar-refractivity contribution in [3.05, 3.63) is 35.5 Å². The zero-order valence-electron chi connectivity index (χ0n) is 10.8. The molecule has 4 nitrogen and oxygen atoms in total. The summed E-state index contributed by atoms with van der Waals surface area (Å²) in [5, 5.41) is 8.49. The highest BCUT2D eigenvalue weighted by molar-refractivity contribution is 6.07. The van der Waals surface area contributed by atoms with Gasteiger partial charge in [-0.3, -0.25) is 5.41 Å². The second kappa shape index (κ2) is 4.64. The molecule has 0 bridgehead atoms. The first-order valence-electron chi connectivity index (χ1n) is 5.90. The van der Waals surface area contributed by atoms with Gasteiger partial charge in [0, 0.05) is 16.6 Å². The van der Waals surface area contributed by atoms with Crippen molar-refractivity contribution in [3.63, 3.8) is 0 Å². The van der Waals surface area contributed by atoms with Crippen molar-refractivity contribution in [2.45, 2.75) is 26.9 Å². The Morgan fingerprint density at radius 1 is 1.39 bits per heavy atom. The Kier molecular flexibility index (Phi) is 3.19. The third-order valence-corrected chi connectivity index (χ3v) is 2.58. The van der Waals surface area contributed by atoms with Crippen molar-refractivity contribution in [2.24, 2.45) is 5.73 Å². The topological polar surface area (TPSA) is 72.0 Å². The molecule has 2 rings (SSSR count). The van der Waals surface area contributed by atoms with E-state index in [9.17, 15) is 0 Å². The molecule has 0 aliphatic carbocycles. The van der Waals surface area contributed by atoms with E-state index in [1.807, 2.05) is 45.0 Å². The van der Waals surface area contributed by atoms with Crippen LogP contribution >= 0.6 is 0 Å². The summed E-state index contributed by atoms with van der Waals surface area (Å²) in [6.45, 7) is 5.83. The number of pyridine rings is 1. The highest BCUT2D eigenvalue weighted by atomic mass is 16.5. The number of ether oxygens (including phenoxy) is 1. The quantitative estimate of drug-likeness (QED) is 0.643. The number of rotatable bonds is 3. The minimum absolute atomic E-state index is 0.0483. The number of hydrogen-bond acceptors (Lipinski definition) is 3. The number of nitrogens with zero attached hydrogens (tertiary/aromatic N) is 1. The van der Waals surface area contributed by atoms with Crippen LogP contribution in [0.3, 0.4) is 0 Å². The van der Waals surface area contributed by atoms with Crippen LogP contribution in [0.2, 0.25) is 0 Å². The molecule has 94 valence electrons. The first-order chi connectivity index (χ1) is 8.49. The lowest BCUT2D eigenvalue weighted by molar-refractivity contribution is 0.245. The van der Waals surface area contributed by atoms with E-state index in [4.69, 9.17) is 15.9 Å². The van der Waals surface area contributed by atoms with Gasteiger partial charge in [-0.05, 0) is 32.9 Å². The molecule has 0 saturated carbocycles. The van der Waals surface area contributed by atoms with Crippen LogP contribution in [-0.4, -0.2) is 16.9 Å². The number of nitrogens with two attached hydrogens (primary N) is 1. The Labute approximate surface area is 106 Å². The van der Waals surface area contributed by atoms with Crippen molar-refractivity contribution in [2.75, 3.05) is 0 Å². The van der Waals surface area contributed by atoms with Crippen LogP contribution in [0.15, 0.2) is 24.3 Å². The second-order valence-electron chi connectivity index (χ2n) is 4.54. The van der Waals surface area contributed by atoms with Gasteiger partial charge < -0.3 is 10.5 Å². The fourth-order valence-corrected chi connectivity index (χ4v) is 1.92. The number of fused-ring (bicyclic) bond motifs is 1. The van der Waals surface area contributed by atoms with E-state index < -0.39 is 0 Å². The van der Waals surface area contributed by atoms with Crippen molar-refractivity contribution < 1.29 is 4.74 Å². The molecular formula is C14H17N3O. The summed E-state index contributed by atoms with van der Waals surface area (Å²) in [6, 6.07) is 7.51. The molecule has 1 aromatic carbocycles. The Balaban J connectivity index is 2.73. The van der Waals surface area contributed by atoms with Gasteiger partial charge in [-0.2, -0.15) is 0 Å². The van der Waals surface area contributed by atoms with Crippen LogP contribution < -0.4 is 10.5 Å². The summed E-state index contributed by atoms with van der Waals surface area (Å²) in [5.74, 6) is 0.779. The Bertz CT molecular complexity index is 605. The maximum absolute atomic E-state index is 7.64. The SMILES string of the molecule is Cc1cc(C(=N)N)c2cccc(OC(C)C)c2n1. The summed E-state index contributed by atoms with van der Waals surface area (Å²) in [7, 11) is 0. The number of nitrogens with one attached hydrogen (secondary N) is 1. The number of hydrogen-bond donors (Lipinski definition) is 2. The van der Waals surface area contributed by atoms with Crippen molar-refractivity contribution in [1.29, 1.82) is 5.41 Å². The number of nitrogen functional groups attached to an aromatic ring is 1. The van der Waals surface area contributed by atoms with Crippen LogP contribution in [0.5, 0.6) is 5.75 Å². The fourth-order valence-electron chi connectivity index (χ4n) is 1.92. The largest absolute Gasteiger partial charge is 0.489 e. The third-order valence-electron chi connectivity index (χ3n) is 2.58. The summed E-state index contributed by atoms with van der Waals surface area (Å²) in [6.07, 6.45) is 0.0821. The van der Waals surface area contributed by atoms with Gasteiger partial charge in [0.25, 0.3) is 0 Å². The predicted octanol–water partition coefficient (Wildman–Crippen LogP) is 2.61. The molecular weight excluding hydrogens is 226 g/mol. The summed E-state index contributed by atoms with van der Waals surface area (Å²) >= 11 is 0. The summed E-state index contributed by atoms with van der Waals surface area (Å²) in [5.41, 5.74) is 7.90. The number of aryl methyl sites for hydroxylation is 1.